The largest absolute Gasteiger partial charge is 0.490 e. The molecule has 0 saturated heterocycles. The lowest BCUT2D eigenvalue weighted by Crippen LogP contribution is -2.31. The van der Waals surface area contributed by atoms with Gasteiger partial charge in [0, 0.05) is 12.6 Å². The standard InChI is InChI=1S/C15H25NO3.ClH/c1-4-13(11-17)16-10-12-7-8-14(18-5-2)15(9-12)19-6-3;/h7-9,13,16-17H,4-6,10-11H2,1-3H3;1H. The minimum absolute atomic E-state index is 0. The van der Waals surface area contributed by atoms with Gasteiger partial charge >= 0.3 is 0 Å². The molecule has 0 radical (unpaired) electrons. The molecule has 5 heteroatoms. The molecule has 0 aliphatic rings. The first-order valence-corrected chi connectivity index (χ1v) is 6.97. The molecule has 2 N–H and O–H groups in total. The predicted molar refractivity (Wildman–Crippen MR) is 84.0 cm³/mol. The van der Waals surface area contributed by atoms with Gasteiger partial charge in [-0.3, -0.25) is 0 Å². The molecule has 1 aromatic rings. The Morgan fingerprint density at radius 1 is 1.10 bits per heavy atom. The van der Waals surface area contributed by atoms with E-state index in [9.17, 15) is 0 Å². The van der Waals surface area contributed by atoms with Gasteiger partial charge in [-0.25, -0.2) is 0 Å². The molecule has 0 aromatic heterocycles. The molecule has 116 valence electrons. The number of rotatable bonds is 9. The monoisotopic (exact) mass is 303 g/mol. The summed E-state index contributed by atoms with van der Waals surface area (Å²) in [6.45, 7) is 8.08. The van der Waals surface area contributed by atoms with Crippen LogP contribution in [-0.4, -0.2) is 31.0 Å². The Morgan fingerprint density at radius 3 is 2.30 bits per heavy atom. The lowest BCUT2D eigenvalue weighted by molar-refractivity contribution is 0.238. The topological polar surface area (TPSA) is 50.7 Å². The maximum atomic E-state index is 9.15. The van der Waals surface area contributed by atoms with E-state index in [0.29, 0.717) is 19.8 Å². The number of hydrogen-bond donors (Lipinski definition) is 2. The summed E-state index contributed by atoms with van der Waals surface area (Å²) in [4.78, 5) is 0. The van der Waals surface area contributed by atoms with Crippen molar-refractivity contribution in [3.05, 3.63) is 23.8 Å². The molecule has 0 heterocycles. The molecule has 0 fully saturated rings. The second-order valence-electron chi connectivity index (χ2n) is 4.32. The quantitative estimate of drug-likeness (QED) is 0.736. The fraction of sp³-hybridized carbons (Fsp3) is 0.600. The molecule has 1 atom stereocenters. The molecule has 0 aliphatic carbocycles. The first-order chi connectivity index (χ1) is 9.24. The number of aliphatic hydroxyl groups excluding tert-OH is 1. The summed E-state index contributed by atoms with van der Waals surface area (Å²) >= 11 is 0. The summed E-state index contributed by atoms with van der Waals surface area (Å²) < 4.78 is 11.1. The summed E-state index contributed by atoms with van der Waals surface area (Å²) in [5.41, 5.74) is 1.12. The molecular formula is C15H26ClNO3. The van der Waals surface area contributed by atoms with Crippen LogP contribution in [0.25, 0.3) is 0 Å². The van der Waals surface area contributed by atoms with Crippen molar-refractivity contribution in [1.82, 2.24) is 5.32 Å². The van der Waals surface area contributed by atoms with E-state index in [1.54, 1.807) is 0 Å². The van der Waals surface area contributed by atoms with Crippen LogP contribution < -0.4 is 14.8 Å². The second-order valence-corrected chi connectivity index (χ2v) is 4.32. The van der Waals surface area contributed by atoms with Crippen LogP contribution in [0.15, 0.2) is 18.2 Å². The Kier molecular flexibility index (Phi) is 10.3. The Labute approximate surface area is 127 Å². The number of halogens is 1. The fourth-order valence-corrected chi connectivity index (χ4v) is 1.81. The molecular weight excluding hydrogens is 278 g/mol. The Balaban J connectivity index is 0.00000361. The third-order valence-electron chi connectivity index (χ3n) is 2.92. The van der Waals surface area contributed by atoms with E-state index in [2.05, 4.69) is 12.2 Å². The Morgan fingerprint density at radius 2 is 1.75 bits per heavy atom. The Hall–Kier alpha value is -0.970. The number of hydrogen-bond acceptors (Lipinski definition) is 4. The molecule has 1 unspecified atom stereocenters. The molecule has 1 rings (SSSR count). The third-order valence-corrected chi connectivity index (χ3v) is 2.92. The van der Waals surface area contributed by atoms with Crippen LogP contribution in [0, 0.1) is 0 Å². The van der Waals surface area contributed by atoms with Crippen molar-refractivity contribution >= 4 is 12.4 Å². The maximum absolute atomic E-state index is 9.15. The molecule has 0 amide bonds. The van der Waals surface area contributed by atoms with E-state index in [4.69, 9.17) is 14.6 Å². The predicted octanol–water partition coefficient (Wildman–Crippen LogP) is 2.77. The highest BCUT2D eigenvalue weighted by atomic mass is 35.5. The van der Waals surface area contributed by atoms with Crippen LogP contribution in [0.4, 0.5) is 0 Å². The minimum Gasteiger partial charge on any atom is -0.490 e. The van der Waals surface area contributed by atoms with Crippen molar-refractivity contribution < 1.29 is 14.6 Å². The van der Waals surface area contributed by atoms with Gasteiger partial charge in [0.1, 0.15) is 0 Å². The van der Waals surface area contributed by atoms with Gasteiger partial charge in [-0.1, -0.05) is 13.0 Å². The van der Waals surface area contributed by atoms with Crippen molar-refractivity contribution in [2.24, 2.45) is 0 Å². The fourth-order valence-electron chi connectivity index (χ4n) is 1.81. The lowest BCUT2D eigenvalue weighted by atomic mass is 10.1. The molecule has 0 saturated carbocycles. The average molecular weight is 304 g/mol. The van der Waals surface area contributed by atoms with E-state index >= 15 is 0 Å². The summed E-state index contributed by atoms with van der Waals surface area (Å²) in [7, 11) is 0. The third kappa shape index (κ3) is 5.99. The van der Waals surface area contributed by atoms with Crippen LogP contribution in [0.5, 0.6) is 11.5 Å². The summed E-state index contributed by atoms with van der Waals surface area (Å²) in [5.74, 6) is 1.56. The van der Waals surface area contributed by atoms with Crippen LogP contribution in [0.3, 0.4) is 0 Å². The van der Waals surface area contributed by atoms with Crippen molar-refractivity contribution in [1.29, 1.82) is 0 Å². The number of benzene rings is 1. The molecule has 0 spiro atoms. The smallest absolute Gasteiger partial charge is 0.161 e. The van der Waals surface area contributed by atoms with Crippen molar-refractivity contribution in [3.63, 3.8) is 0 Å². The number of ether oxygens (including phenoxy) is 2. The summed E-state index contributed by atoms with van der Waals surface area (Å²) in [5, 5.41) is 12.5. The highest BCUT2D eigenvalue weighted by Crippen LogP contribution is 2.28. The summed E-state index contributed by atoms with van der Waals surface area (Å²) in [6.07, 6.45) is 0.909. The van der Waals surface area contributed by atoms with Crippen molar-refractivity contribution in [3.8, 4) is 11.5 Å². The van der Waals surface area contributed by atoms with E-state index in [0.717, 1.165) is 23.5 Å². The van der Waals surface area contributed by atoms with Crippen LogP contribution in [-0.2, 0) is 6.54 Å². The molecule has 0 aliphatic heterocycles. The molecule has 1 aromatic carbocycles. The highest BCUT2D eigenvalue weighted by molar-refractivity contribution is 5.85. The van der Waals surface area contributed by atoms with Crippen LogP contribution in [0.2, 0.25) is 0 Å². The molecule has 0 bridgehead atoms. The maximum Gasteiger partial charge on any atom is 0.161 e. The zero-order chi connectivity index (χ0) is 14.1. The van der Waals surface area contributed by atoms with E-state index in [1.165, 1.54) is 0 Å². The van der Waals surface area contributed by atoms with Crippen molar-refractivity contribution in [2.75, 3.05) is 19.8 Å². The van der Waals surface area contributed by atoms with Gasteiger partial charge in [0.25, 0.3) is 0 Å². The number of nitrogens with one attached hydrogen (secondary N) is 1. The first kappa shape index (κ1) is 19.0. The van der Waals surface area contributed by atoms with Gasteiger partial charge in [-0.15, -0.1) is 12.4 Å². The first-order valence-electron chi connectivity index (χ1n) is 6.97. The molecule has 4 nitrogen and oxygen atoms in total. The minimum atomic E-state index is 0. The zero-order valence-electron chi connectivity index (χ0n) is 12.5. The number of aliphatic hydroxyl groups is 1. The van der Waals surface area contributed by atoms with Gasteiger partial charge in [-0.05, 0) is 38.0 Å². The van der Waals surface area contributed by atoms with Gasteiger partial charge < -0.3 is 19.9 Å². The average Bonchev–Trinajstić information content (AvgIpc) is 2.43. The second kappa shape index (κ2) is 10.8. The Bertz CT molecular complexity index is 370. The van der Waals surface area contributed by atoms with Gasteiger partial charge in [0.2, 0.25) is 0 Å². The SMILES string of the molecule is CCOc1ccc(CNC(CC)CO)cc1OCC.Cl. The molecule has 20 heavy (non-hydrogen) atoms. The summed E-state index contributed by atoms with van der Waals surface area (Å²) in [6, 6.07) is 6.09. The van der Waals surface area contributed by atoms with E-state index in [-0.39, 0.29) is 25.1 Å². The van der Waals surface area contributed by atoms with E-state index < -0.39 is 0 Å². The lowest BCUT2D eigenvalue weighted by Gasteiger charge is -2.16. The van der Waals surface area contributed by atoms with Gasteiger partial charge in [-0.2, -0.15) is 0 Å². The van der Waals surface area contributed by atoms with E-state index in [1.807, 2.05) is 32.0 Å². The normalized spacial score (nSPS) is 11.6. The zero-order valence-corrected chi connectivity index (χ0v) is 13.3. The van der Waals surface area contributed by atoms with Crippen LogP contribution in [0.1, 0.15) is 32.8 Å². The van der Waals surface area contributed by atoms with Gasteiger partial charge in [0.05, 0.1) is 19.8 Å². The van der Waals surface area contributed by atoms with Crippen LogP contribution >= 0.6 is 12.4 Å². The van der Waals surface area contributed by atoms with Crippen molar-refractivity contribution in [2.45, 2.75) is 39.8 Å². The highest BCUT2D eigenvalue weighted by Gasteiger charge is 2.08. The van der Waals surface area contributed by atoms with Gasteiger partial charge in [0.15, 0.2) is 11.5 Å².